The van der Waals surface area contributed by atoms with Crippen molar-refractivity contribution < 1.29 is 23.9 Å². The van der Waals surface area contributed by atoms with E-state index in [0.29, 0.717) is 5.56 Å². The number of imide groups is 1. The molecule has 1 aromatic carbocycles. The molecule has 0 radical (unpaired) electrons. The van der Waals surface area contributed by atoms with Crippen molar-refractivity contribution in [3.63, 3.8) is 0 Å². The summed E-state index contributed by atoms with van der Waals surface area (Å²) in [6, 6.07) is 6.50. The number of amides is 4. The van der Waals surface area contributed by atoms with Crippen LogP contribution < -0.4 is 16.0 Å². The van der Waals surface area contributed by atoms with Gasteiger partial charge in [0.2, 0.25) is 0 Å². The van der Waals surface area contributed by atoms with Gasteiger partial charge in [0.25, 0.3) is 11.8 Å². The maximum Gasteiger partial charge on any atom is 0.321 e. The molecule has 0 unspecified atom stereocenters. The number of carbonyl (C=O) groups is 4. The van der Waals surface area contributed by atoms with E-state index in [1.54, 1.807) is 26.0 Å². The summed E-state index contributed by atoms with van der Waals surface area (Å²) in [5.74, 6) is -1.67. The first kappa shape index (κ1) is 23.1. The smallest absolute Gasteiger partial charge is 0.321 e. The Labute approximate surface area is 165 Å². The maximum atomic E-state index is 12.1. The van der Waals surface area contributed by atoms with Crippen molar-refractivity contribution in [2.45, 2.75) is 52.5 Å². The quantitative estimate of drug-likeness (QED) is 0.614. The van der Waals surface area contributed by atoms with Crippen LogP contribution in [-0.2, 0) is 19.7 Å². The molecule has 1 aromatic rings. The highest BCUT2D eigenvalue weighted by atomic mass is 16.5. The van der Waals surface area contributed by atoms with Gasteiger partial charge in [0.15, 0.2) is 6.61 Å². The summed E-state index contributed by atoms with van der Waals surface area (Å²) in [6.07, 6.45) is -0.0860. The summed E-state index contributed by atoms with van der Waals surface area (Å²) in [7, 11) is 0. The zero-order chi connectivity index (χ0) is 21.3. The Morgan fingerprint density at radius 1 is 1.04 bits per heavy atom. The molecule has 8 heteroatoms. The lowest BCUT2D eigenvalue weighted by molar-refractivity contribution is -0.148. The van der Waals surface area contributed by atoms with Gasteiger partial charge in [-0.3, -0.25) is 19.7 Å². The summed E-state index contributed by atoms with van der Waals surface area (Å²) in [5, 5.41) is 7.14. The number of rotatable bonds is 7. The Balaban J connectivity index is 2.31. The van der Waals surface area contributed by atoms with Crippen LogP contribution in [0.1, 0.15) is 57.0 Å². The molecule has 0 aliphatic carbocycles. The van der Waals surface area contributed by atoms with Crippen LogP contribution in [0.25, 0.3) is 0 Å². The predicted molar refractivity (Wildman–Crippen MR) is 105 cm³/mol. The van der Waals surface area contributed by atoms with E-state index in [1.807, 2.05) is 17.4 Å². The molecule has 0 aromatic heterocycles. The van der Waals surface area contributed by atoms with Gasteiger partial charge in [0.1, 0.15) is 0 Å². The van der Waals surface area contributed by atoms with Gasteiger partial charge in [-0.1, -0.05) is 32.9 Å². The SMILES string of the molecule is CC(C)NC(=O)NC(=O)COC(=O)CCNC(=O)c1ccc(C(C)(C)C)cc1. The first-order valence-corrected chi connectivity index (χ1v) is 9.13. The Morgan fingerprint density at radius 3 is 2.18 bits per heavy atom. The maximum absolute atomic E-state index is 12.1. The molecule has 1 rings (SSSR count). The van der Waals surface area contributed by atoms with E-state index in [2.05, 4.69) is 31.4 Å². The monoisotopic (exact) mass is 391 g/mol. The largest absolute Gasteiger partial charge is 0.456 e. The number of hydrogen-bond donors (Lipinski definition) is 3. The number of carbonyl (C=O) groups excluding carboxylic acids is 4. The van der Waals surface area contributed by atoms with Gasteiger partial charge in [-0.25, -0.2) is 4.79 Å². The molecule has 0 saturated heterocycles. The number of benzene rings is 1. The fraction of sp³-hybridized carbons (Fsp3) is 0.500. The molecule has 0 spiro atoms. The minimum absolute atomic E-state index is 0.000514. The van der Waals surface area contributed by atoms with Gasteiger partial charge in [0.05, 0.1) is 6.42 Å². The van der Waals surface area contributed by atoms with Crippen LogP contribution in [0.4, 0.5) is 4.79 Å². The van der Waals surface area contributed by atoms with E-state index in [9.17, 15) is 19.2 Å². The van der Waals surface area contributed by atoms with E-state index >= 15 is 0 Å². The van der Waals surface area contributed by atoms with Crippen molar-refractivity contribution >= 4 is 23.8 Å². The van der Waals surface area contributed by atoms with Crippen LogP contribution in [0.5, 0.6) is 0 Å². The number of hydrogen-bond acceptors (Lipinski definition) is 5. The molecule has 0 aliphatic heterocycles. The van der Waals surface area contributed by atoms with Gasteiger partial charge in [-0.15, -0.1) is 0 Å². The Hall–Kier alpha value is -2.90. The van der Waals surface area contributed by atoms with E-state index in [4.69, 9.17) is 4.74 Å². The standard InChI is InChI=1S/C20H29N3O5/c1-13(2)22-19(27)23-16(24)12-28-17(25)10-11-21-18(26)14-6-8-15(9-7-14)20(3,4)5/h6-9,13H,10-12H2,1-5H3,(H,21,26)(H2,22,23,24,27). The summed E-state index contributed by atoms with van der Waals surface area (Å²) in [4.78, 5) is 46.5. The fourth-order valence-corrected chi connectivity index (χ4v) is 2.18. The van der Waals surface area contributed by atoms with Gasteiger partial charge in [-0.05, 0) is 37.0 Å². The highest BCUT2D eigenvalue weighted by molar-refractivity contribution is 5.96. The van der Waals surface area contributed by atoms with Crippen molar-refractivity contribution in [3.05, 3.63) is 35.4 Å². The van der Waals surface area contributed by atoms with Crippen molar-refractivity contribution in [1.29, 1.82) is 0 Å². The van der Waals surface area contributed by atoms with Crippen LogP contribution in [-0.4, -0.2) is 43.0 Å². The second-order valence-corrected chi connectivity index (χ2v) is 7.67. The van der Waals surface area contributed by atoms with Crippen molar-refractivity contribution in [2.75, 3.05) is 13.2 Å². The van der Waals surface area contributed by atoms with Gasteiger partial charge in [0, 0.05) is 18.2 Å². The molecule has 0 fully saturated rings. The second kappa shape index (κ2) is 10.4. The summed E-state index contributed by atoms with van der Waals surface area (Å²) < 4.78 is 4.77. The lowest BCUT2D eigenvalue weighted by Gasteiger charge is -2.19. The first-order chi connectivity index (χ1) is 13.0. The van der Waals surface area contributed by atoms with Crippen molar-refractivity contribution in [1.82, 2.24) is 16.0 Å². The molecule has 0 heterocycles. The van der Waals surface area contributed by atoms with Crippen LogP contribution in [0.15, 0.2) is 24.3 Å². The minimum Gasteiger partial charge on any atom is -0.456 e. The molecule has 0 atom stereocenters. The van der Waals surface area contributed by atoms with Gasteiger partial charge in [-0.2, -0.15) is 0 Å². The van der Waals surface area contributed by atoms with Crippen LogP contribution >= 0.6 is 0 Å². The van der Waals surface area contributed by atoms with Crippen LogP contribution in [0.2, 0.25) is 0 Å². The normalized spacial score (nSPS) is 10.9. The van der Waals surface area contributed by atoms with Gasteiger partial charge < -0.3 is 15.4 Å². The highest BCUT2D eigenvalue weighted by Gasteiger charge is 2.15. The van der Waals surface area contributed by atoms with E-state index in [1.165, 1.54) is 0 Å². The third kappa shape index (κ3) is 8.66. The fourth-order valence-electron chi connectivity index (χ4n) is 2.18. The molecule has 3 N–H and O–H groups in total. The average Bonchev–Trinajstić information content (AvgIpc) is 2.58. The zero-order valence-electron chi connectivity index (χ0n) is 17.0. The molecule has 28 heavy (non-hydrogen) atoms. The molecular weight excluding hydrogens is 362 g/mol. The third-order valence-corrected chi connectivity index (χ3v) is 3.66. The van der Waals surface area contributed by atoms with Crippen LogP contribution in [0, 0.1) is 0 Å². The summed E-state index contributed by atoms with van der Waals surface area (Å²) in [5.41, 5.74) is 1.62. The summed E-state index contributed by atoms with van der Waals surface area (Å²) in [6.45, 7) is 9.27. The number of esters is 1. The molecule has 0 saturated carbocycles. The molecule has 8 nitrogen and oxygen atoms in total. The third-order valence-electron chi connectivity index (χ3n) is 3.66. The Bertz CT molecular complexity index is 706. The van der Waals surface area contributed by atoms with Crippen LogP contribution in [0.3, 0.4) is 0 Å². The Morgan fingerprint density at radius 2 is 1.64 bits per heavy atom. The first-order valence-electron chi connectivity index (χ1n) is 9.13. The van der Waals surface area contributed by atoms with E-state index in [0.717, 1.165) is 5.56 Å². The second-order valence-electron chi connectivity index (χ2n) is 7.67. The topological polar surface area (TPSA) is 114 Å². The molecule has 0 aliphatic rings. The molecule has 4 amide bonds. The molecular formula is C20H29N3O5. The predicted octanol–water partition coefficient (Wildman–Crippen LogP) is 1.88. The minimum atomic E-state index is -0.727. The van der Waals surface area contributed by atoms with Gasteiger partial charge >= 0.3 is 12.0 Å². The molecule has 0 bridgehead atoms. The number of ether oxygens (including phenoxy) is 1. The number of nitrogens with one attached hydrogen (secondary N) is 3. The number of urea groups is 1. The molecule has 154 valence electrons. The zero-order valence-corrected chi connectivity index (χ0v) is 17.0. The van der Waals surface area contributed by atoms with E-state index < -0.39 is 24.5 Å². The highest BCUT2D eigenvalue weighted by Crippen LogP contribution is 2.22. The lowest BCUT2D eigenvalue weighted by Crippen LogP contribution is -2.44. The van der Waals surface area contributed by atoms with E-state index in [-0.39, 0.29) is 30.3 Å². The lowest BCUT2D eigenvalue weighted by atomic mass is 9.87. The van der Waals surface area contributed by atoms with Crippen molar-refractivity contribution in [3.8, 4) is 0 Å². The summed E-state index contributed by atoms with van der Waals surface area (Å²) >= 11 is 0. The Kier molecular flexibility index (Phi) is 8.63. The van der Waals surface area contributed by atoms with Crippen molar-refractivity contribution in [2.24, 2.45) is 0 Å². The average molecular weight is 391 g/mol.